The van der Waals surface area contributed by atoms with E-state index in [4.69, 9.17) is 5.73 Å². The second kappa shape index (κ2) is 11.7. The summed E-state index contributed by atoms with van der Waals surface area (Å²) in [4.78, 5) is 27.9. The van der Waals surface area contributed by atoms with Crippen LogP contribution in [0.4, 0.5) is 16.3 Å². The van der Waals surface area contributed by atoms with Gasteiger partial charge in [0.25, 0.3) is 0 Å². The molecule has 0 saturated heterocycles. The molecule has 7 N–H and O–H groups in total. The number of carbonyl (C=O) groups is 2. The first-order valence-corrected chi connectivity index (χ1v) is 11.6. The lowest BCUT2D eigenvalue weighted by Crippen LogP contribution is -2.43. The van der Waals surface area contributed by atoms with Gasteiger partial charge in [0, 0.05) is 17.8 Å². The van der Waals surface area contributed by atoms with E-state index in [0.717, 1.165) is 16.8 Å². The number of aromatic nitrogens is 1. The third kappa shape index (κ3) is 8.07. The number of nitrogens with one attached hydrogen (secondary N) is 3. The zero-order chi connectivity index (χ0) is 26.3. The van der Waals surface area contributed by atoms with E-state index in [0.29, 0.717) is 17.8 Å². The van der Waals surface area contributed by atoms with Crippen LogP contribution >= 0.6 is 0 Å². The van der Waals surface area contributed by atoms with Crippen LogP contribution in [0.1, 0.15) is 42.3 Å². The number of pyridine rings is 1. The van der Waals surface area contributed by atoms with Gasteiger partial charge in [-0.05, 0) is 68.1 Å². The van der Waals surface area contributed by atoms with Gasteiger partial charge in [-0.2, -0.15) is 0 Å². The minimum Gasteiger partial charge on any atom is -0.506 e. The highest BCUT2D eigenvalue weighted by atomic mass is 16.3. The molecule has 1 aromatic heterocycles. The molecule has 3 rings (SSSR count). The van der Waals surface area contributed by atoms with Gasteiger partial charge in [0.05, 0.1) is 18.2 Å². The fourth-order valence-corrected chi connectivity index (χ4v) is 3.89. The molecular formula is C27H33N5O4. The SMILES string of the molecule is Cc1cccc(NC(=O)Cc2cccc(CC(C)(C)NC[C@H](O)c3ccc(O)c(NC(N)=O)c3)c2)n1. The highest BCUT2D eigenvalue weighted by Crippen LogP contribution is 2.27. The summed E-state index contributed by atoms with van der Waals surface area (Å²) in [6.07, 6.45) is 0.0283. The summed E-state index contributed by atoms with van der Waals surface area (Å²) in [7, 11) is 0. The molecule has 2 aromatic carbocycles. The van der Waals surface area contributed by atoms with Gasteiger partial charge in [-0.1, -0.05) is 36.4 Å². The molecule has 0 spiro atoms. The molecule has 0 aliphatic heterocycles. The van der Waals surface area contributed by atoms with Crippen molar-refractivity contribution in [1.82, 2.24) is 10.3 Å². The molecule has 9 heteroatoms. The van der Waals surface area contributed by atoms with Crippen LogP contribution in [0.2, 0.25) is 0 Å². The van der Waals surface area contributed by atoms with Crippen LogP contribution in [-0.2, 0) is 17.6 Å². The van der Waals surface area contributed by atoms with Crippen LogP contribution in [0.25, 0.3) is 0 Å². The molecule has 0 fully saturated rings. The van der Waals surface area contributed by atoms with Crippen LogP contribution in [0, 0.1) is 6.92 Å². The zero-order valence-corrected chi connectivity index (χ0v) is 20.7. The van der Waals surface area contributed by atoms with Crippen molar-refractivity contribution in [3.63, 3.8) is 0 Å². The number of hydrogen-bond donors (Lipinski definition) is 6. The molecule has 0 radical (unpaired) electrons. The Labute approximate surface area is 210 Å². The standard InChI is InChI=1S/C27H33N5O4/c1-17-6-4-9-24(30-17)32-25(35)13-18-7-5-8-19(12-18)15-27(2,3)29-16-23(34)20-10-11-22(33)21(14-20)31-26(28)36/h4-12,14,23,29,33-34H,13,15-16H2,1-3H3,(H3,28,31,36)(H,30,32,35)/t23-/m0/s1. The number of aromatic hydroxyl groups is 1. The van der Waals surface area contributed by atoms with Crippen molar-refractivity contribution in [3.05, 3.63) is 83.0 Å². The van der Waals surface area contributed by atoms with Crippen molar-refractivity contribution >= 4 is 23.4 Å². The van der Waals surface area contributed by atoms with Gasteiger partial charge in [-0.15, -0.1) is 0 Å². The number of benzene rings is 2. The Balaban J connectivity index is 1.57. The second-order valence-electron chi connectivity index (χ2n) is 9.43. The van der Waals surface area contributed by atoms with Crippen molar-refractivity contribution in [2.75, 3.05) is 17.2 Å². The Morgan fingerprint density at radius 3 is 2.47 bits per heavy atom. The highest BCUT2D eigenvalue weighted by molar-refractivity contribution is 5.91. The van der Waals surface area contributed by atoms with E-state index in [-0.39, 0.29) is 35.8 Å². The number of urea groups is 1. The maximum absolute atomic E-state index is 12.5. The summed E-state index contributed by atoms with van der Waals surface area (Å²) in [6, 6.07) is 17.0. The fraction of sp³-hybridized carbons (Fsp3) is 0.296. The number of phenolic OH excluding ortho intramolecular Hbond substituents is 1. The van der Waals surface area contributed by atoms with E-state index >= 15 is 0 Å². The van der Waals surface area contributed by atoms with Crippen LogP contribution in [-0.4, -0.2) is 39.2 Å². The van der Waals surface area contributed by atoms with Crippen molar-refractivity contribution < 1.29 is 19.8 Å². The smallest absolute Gasteiger partial charge is 0.316 e. The minimum absolute atomic E-state index is 0.134. The number of β-amino-alcohol motifs (C(OH)–C–C–N with tert-alkyl or cyclic N) is 1. The first-order valence-electron chi connectivity index (χ1n) is 11.6. The van der Waals surface area contributed by atoms with Crippen molar-refractivity contribution in [1.29, 1.82) is 0 Å². The Hall–Kier alpha value is -3.95. The molecule has 0 unspecified atom stereocenters. The third-order valence-corrected chi connectivity index (χ3v) is 5.60. The molecule has 190 valence electrons. The Morgan fingerprint density at radius 1 is 1.03 bits per heavy atom. The molecule has 3 amide bonds. The predicted molar refractivity (Wildman–Crippen MR) is 140 cm³/mol. The summed E-state index contributed by atoms with van der Waals surface area (Å²) >= 11 is 0. The number of amides is 3. The normalized spacial score (nSPS) is 12.1. The van der Waals surface area contributed by atoms with E-state index in [1.807, 2.05) is 57.2 Å². The number of nitrogens with two attached hydrogens (primary N) is 1. The fourth-order valence-electron chi connectivity index (χ4n) is 3.89. The van der Waals surface area contributed by atoms with E-state index < -0.39 is 12.1 Å². The number of primary amides is 1. The topological polar surface area (TPSA) is 150 Å². The molecule has 3 aromatic rings. The van der Waals surface area contributed by atoms with Crippen LogP contribution in [0.3, 0.4) is 0 Å². The Morgan fingerprint density at radius 2 is 1.75 bits per heavy atom. The maximum atomic E-state index is 12.5. The number of anilines is 2. The molecule has 0 bridgehead atoms. The number of aliphatic hydroxyl groups is 1. The summed E-state index contributed by atoms with van der Waals surface area (Å²) in [5.41, 5.74) is 8.21. The summed E-state index contributed by atoms with van der Waals surface area (Å²) in [5, 5.41) is 29.0. The van der Waals surface area contributed by atoms with Gasteiger partial charge in [0.15, 0.2) is 0 Å². The van der Waals surface area contributed by atoms with E-state index in [1.54, 1.807) is 12.1 Å². The van der Waals surface area contributed by atoms with Crippen molar-refractivity contribution in [3.8, 4) is 5.75 Å². The number of carbonyl (C=O) groups excluding carboxylic acids is 2. The second-order valence-corrected chi connectivity index (χ2v) is 9.43. The summed E-state index contributed by atoms with van der Waals surface area (Å²) in [5.74, 6) is 0.262. The molecular weight excluding hydrogens is 458 g/mol. The largest absolute Gasteiger partial charge is 0.506 e. The summed E-state index contributed by atoms with van der Waals surface area (Å²) in [6.45, 7) is 6.18. The molecule has 1 atom stereocenters. The van der Waals surface area contributed by atoms with Gasteiger partial charge in [0.2, 0.25) is 5.91 Å². The first kappa shape index (κ1) is 26.7. The highest BCUT2D eigenvalue weighted by Gasteiger charge is 2.21. The van der Waals surface area contributed by atoms with E-state index in [1.165, 1.54) is 12.1 Å². The molecule has 0 saturated carbocycles. The zero-order valence-electron chi connectivity index (χ0n) is 20.7. The third-order valence-electron chi connectivity index (χ3n) is 5.60. The van der Waals surface area contributed by atoms with Gasteiger partial charge in [-0.3, -0.25) is 4.79 Å². The first-order chi connectivity index (χ1) is 17.0. The quantitative estimate of drug-likeness (QED) is 0.239. The van der Waals surface area contributed by atoms with Crippen LogP contribution in [0.15, 0.2) is 60.7 Å². The average molecular weight is 492 g/mol. The number of nitrogens with zero attached hydrogens (tertiary/aromatic N) is 1. The van der Waals surface area contributed by atoms with Crippen LogP contribution in [0.5, 0.6) is 5.75 Å². The number of phenols is 1. The lowest BCUT2D eigenvalue weighted by molar-refractivity contribution is -0.115. The molecule has 9 nitrogen and oxygen atoms in total. The molecule has 0 aliphatic carbocycles. The number of hydrogen-bond acceptors (Lipinski definition) is 6. The lowest BCUT2D eigenvalue weighted by atomic mass is 9.93. The monoisotopic (exact) mass is 491 g/mol. The minimum atomic E-state index is -0.872. The van der Waals surface area contributed by atoms with Crippen molar-refractivity contribution in [2.45, 2.75) is 45.3 Å². The average Bonchev–Trinajstić information content (AvgIpc) is 2.78. The Bertz CT molecular complexity index is 1230. The molecule has 1 heterocycles. The molecule has 36 heavy (non-hydrogen) atoms. The van der Waals surface area contributed by atoms with Gasteiger partial charge in [-0.25, -0.2) is 9.78 Å². The molecule has 0 aliphatic rings. The number of aryl methyl sites for hydroxylation is 1. The van der Waals surface area contributed by atoms with Gasteiger partial charge in [0.1, 0.15) is 11.6 Å². The predicted octanol–water partition coefficient (Wildman–Crippen LogP) is 3.41. The number of rotatable bonds is 10. The lowest BCUT2D eigenvalue weighted by Gasteiger charge is -2.28. The van der Waals surface area contributed by atoms with Crippen LogP contribution < -0.4 is 21.7 Å². The number of aliphatic hydroxyl groups excluding tert-OH is 1. The van der Waals surface area contributed by atoms with Crippen molar-refractivity contribution in [2.24, 2.45) is 5.73 Å². The van der Waals surface area contributed by atoms with E-state index in [9.17, 15) is 19.8 Å². The van der Waals surface area contributed by atoms with Gasteiger partial charge >= 0.3 is 6.03 Å². The maximum Gasteiger partial charge on any atom is 0.316 e. The Kier molecular flexibility index (Phi) is 8.63. The summed E-state index contributed by atoms with van der Waals surface area (Å²) < 4.78 is 0. The van der Waals surface area contributed by atoms with Gasteiger partial charge < -0.3 is 31.9 Å². The van der Waals surface area contributed by atoms with E-state index in [2.05, 4.69) is 20.9 Å².